The van der Waals surface area contributed by atoms with Crippen LogP contribution < -0.4 is 0 Å². The molecule has 0 unspecified atom stereocenters. The average Bonchev–Trinajstić information content (AvgIpc) is 2.84. The fourth-order valence-corrected chi connectivity index (χ4v) is 2.87. The maximum atomic E-state index is 13.7. The first-order valence-electron chi connectivity index (χ1n) is 8.16. The number of hydrogen-bond donors (Lipinski definition) is 1. The number of nitrogens with one attached hydrogen (secondary N) is 1. The summed E-state index contributed by atoms with van der Waals surface area (Å²) in [4.78, 5) is 29.3. The molecular formula is C19H23FN2O3. The van der Waals surface area contributed by atoms with Crippen LogP contribution in [-0.4, -0.2) is 41.8 Å². The number of ether oxygens (including phenoxy) is 1. The number of esters is 1. The maximum absolute atomic E-state index is 13.7. The summed E-state index contributed by atoms with van der Waals surface area (Å²) in [6, 6.07) is 6.49. The molecule has 6 heteroatoms. The van der Waals surface area contributed by atoms with E-state index in [1.54, 1.807) is 50.9 Å². The molecule has 25 heavy (non-hydrogen) atoms. The molecule has 1 N–H and O–H groups in total. The average molecular weight is 346 g/mol. The van der Waals surface area contributed by atoms with Gasteiger partial charge >= 0.3 is 5.97 Å². The number of rotatable bonds is 7. The van der Waals surface area contributed by atoms with Gasteiger partial charge in [0.15, 0.2) is 5.78 Å². The SMILES string of the molecule is CCOC(=O)c1[nH]c(C)c(C(=O)CN(C)Cc2ccccc2F)c1C. The molecule has 0 fully saturated rings. The fraction of sp³-hybridized carbons (Fsp3) is 0.368. The van der Waals surface area contributed by atoms with Crippen LogP contribution in [0.3, 0.4) is 0 Å². The van der Waals surface area contributed by atoms with Crippen LogP contribution in [0.25, 0.3) is 0 Å². The van der Waals surface area contributed by atoms with Gasteiger partial charge in [-0.15, -0.1) is 0 Å². The third kappa shape index (κ3) is 4.33. The predicted molar refractivity (Wildman–Crippen MR) is 93.3 cm³/mol. The van der Waals surface area contributed by atoms with Crippen molar-refractivity contribution in [2.75, 3.05) is 20.2 Å². The van der Waals surface area contributed by atoms with Gasteiger partial charge in [0, 0.05) is 23.4 Å². The summed E-state index contributed by atoms with van der Waals surface area (Å²) >= 11 is 0. The fourth-order valence-electron chi connectivity index (χ4n) is 2.87. The van der Waals surface area contributed by atoms with Gasteiger partial charge in [0.25, 0.3) is 0 Å². The standard InChI is InChI=1S/C19H23FN2O3/c1-5-25-19(24)18-12(2)17(13(3)21-18)16(23)11-22(4)10-14-8-6-7-9-15(14)20/h6-9,21H,5,10-11H2,1-4H3. The minimum atomic E-state index is -0.470. The van der Waals surface area contributed by atoms with Crippen molar-refractivity contribution in [2.24, 2.45) is 0 Å². The Balaban J connectivity index is 2.13. The molecule has 0 saturated carbocycles. The Morgan fingerprint density at radius 3 is 2.56 bits per heavy atom. The highest BCUT2D eigenvalue weighted by atomic mass is 19.1. The van der Waals surface area contributed by atoms with E-state index in [-0.39, 0.29) is 24.8 Å². The number of benzene rings is 1. The van der Waals surface area contributed by atoms with Crippen LogP contribution in [0.1, 0.15) is 44.6 Å². The van der Waals surface area contributed by atoms with Crippen molar-refractivity contribution in [3.05, 3.63) is 58.2 Å². The van der Waals surface area contributed by atoms with E-state index in [4.69, 9.17) is 4.74 Å². The van der Waals surface area contributed by atoms with Gasteiger partial charge < -0.3 is 9.72 Å². The molecule has 0 bridgehead atoms. The Hall–Kier alpha value is -2.47. The molecule has 0 saturated heterocycles. The minimum Gasteiger partial charge on any atom is -0.461 e. The van der Waals surface area contributed by atoms with E-state index in [0.717, 1.165) is 0 Å². The van der Waals surface area contributed by atoms with Crippen molar-refractivity contribution in [3.8, 4) is 0 Å². The number of aromatic amines is 1. The smallest absolute Gasteiger partial charge is 0.355 e. The van der Waals surface area contributed by atoms with Crippen LogP contribution in [-0.2, 0) is 11.3 Å². The van der Waals surface area contributed by atoms with Crippen LogP contribution in [0.4, 0.5) is 4.39 Å². The molecular weight excluding hydrogens is 323 g/mol. The third-order valence-corrected chi connectivity index (χ3v) is 4.01. The van der Waals surface area contributed by atoms with Crippen LogP contribution in [0, 0.1) is 19.7 Å². The summed E-state index contributed by atoms with van der Waals surface area (Å²) in [7, 11) is 1.76. The van der Waals surface area contributed by atoms with Gasteiger partial charge in [-0.1, -0.05) is 18.2 Å². The first kappa shape index (κ1) is 18.9. The number of H-pyrrole nitrogens is 1. The van der Waals surface area contributed by atoms with Gasteiger partial charge in [0.05, 0.1) is 13.2 Å². The highest BCUT2D eigenvalue weighted by Gasteiger charge is 2.23. The highest BCUT2D eigenvalue weighted by molar-refractivity contribution is 6.03. The molecule has 0 aliphatic rings. The molecule has 2 rings (SSSR count). The van der Waals surface area contributed by atoms with Crippen molar-refractivity contribution in [3.63, 3.8) is 0 Å². The Morgan fingerprint density at radius 2 is 1.92 bits per heavy atom. The topological polar surface area (TPSA) is 62.4 Å². The molecule has 1 aromatic heterocycles. The molecule has 134 valence electrons. The van der Waals surface area contributed by atoms with Gasteiger partial charge in [-0.2, -0.15) is 0 Å². The number of nitrogens with zero attached hydrogens (tertiary/aromatic N) is 1. The van der Waals surface area contributed by atoms with Crippen molar-refractivity contribution >= 4 is 11.8 Å². The van der Waals surface area contributed by atoms with E-state index >= 15 is 0 Å². The number of hydrogen-bond acceptors (Lipinski definition) is 4. The third-order valence-electron chi connectivity index (χ3n) is 4.01. The molecule has 2 aromatic rings. The summed E-state index contributed by atoms with van der Waals surface area (Å²) in [6.07, 6.45) is 0. The van der Waals surface area contributed by atoms with Crippen molar-refractivity contribution in [2.45, 2.75) is 27.3 Å². The molecule has 0 aliphatic carbocycles. The molecule has 1 heterocycles. The van der Waals surface area contributed by atoms with E-state index in [0.29, 0.717) is 34.6 Å². The van der Waals surface area contributed by atoms with Crippen molar-refractivity contribution in [1.29, 1.82) is 0 Å². The Morgan fingerprint density at radius 1 is 1.24 bits per heavy atom. The van der Waals surface area contributed by atoms with Crippen LogP contribution in [0.15, 0.2) is 24.3 Å². The zero-order valence-corrected chi connectivity index (χ0v) is 15.0. The summed E-state index contributed by atoms with van der Waals surface area (Å²) < 4.78 is 18.7. The molecule has 0 amide bonds. The first-order valence-corrected chi connectivity index (χ1v) is 8.16. The van der Waals surface area contributed by atoms with Gasteiger partial charge in [-0.05, 0) is 39.4 Å². The van der Waals surface area contributed by atoms with Crippen LogP contribution >= 0.6 is 0 Å². The summed E-state index contributed by atoms with van der Waals surface area (Å²) in [6.45, 7) is 5.92. The Labute approximate surface area is 146 Å². The number of likely N-dealkylation sites (N-methyl/N-ethyl adjacent to an activating group) is 1. The maximum Gasteiger partial charge on any atom is 0.355 e. The second-order valence-corrected chi connectivity index (χ2v) is 6.03. The van der Waals surface area contributed by atoms with Crippen molar-refractivity contribution < 1.29 is 18.7 Å². The first-order chi connectivity index (χ1) is 11.8. The number of aryl methyl sites for hydroxylation is 1. The van der Waals surface area contributed by atoms with Gasteiger partial charge in [0.1, 0.15) is 11.5 Å². The zero-order valence-electron chi connectivity index (χ0n) is 15.0. The lowest BCUT2D eigenvalue weighted by Gasteiger charge is -2.16. The molecule has 5 nitrogen and oxygen atoms in total. The van der Waals surface area contributed by atoms with Crippen LogP contribution in [0.2, 0.25) is 0 Å². The number of ketones is 1. The lowest BCUT2D eigenvalue weighted by molar-refractivity contribution is 0.0519. The number of Topliss-reactive ketones (excluding diaryl/α,β-unsaturated/α-hetero) is 1. The number of carbonyl (C=O) groups is 2. The zero-order chi connectivity index (χ0) is 18.6. The summed E-state index contributed by atoms with van der Waals surface area (Å²) in [5.41, 5.74) is 2.54. The largest absolute Gasteiger partial charge is 0.461 e. The second-order valence-electron chi connectivity index (χ2n) is 6.03. The number of halogens is 1. The molecule has 0 aliphatic heterocycles. The Bertz CT molecular complexity index is 783. The summed E-state index contributed by atoms with van der Waals surface area (Å²) in [5, 5.41) is 0. The lowest BCUT2D eigenvalue weighted by Crippen LogP contribution is -2.26. The normalized spacial score (nSPS) is 11.0. The van der Waals surface area contributed by atoms with Crippen LogP contribution in [0.5, 0.6) is 0 Å². The van der Waals surface area contributed by atoms with Crippen molar-refractivity contribution in [1.82, 2.24) is 9.88 Å². The van der Waals surface area contributed by atoms with Gasteiger partial charge in [-0.3, -0.25) is 9.69 Å². The summed E-state index contributed by atoms with van der Waals surface area (Å²) in [5.74, 6) is -0.886. The van der Waals surface area contributed by atoms with E-state index in [2.05, 4.69) is 4.98 Å². The second kappa shape index (κ2) is 8.07. The highest BCUT2D eigenvalue weighted by Crippen LogP contribution is 2.20. The van der Waals surface area contributed by atoms with Gasteiger partial charge in [0.2, 0.25) is 0 Å². The molecule has 0 spiro atoms. The minimum absolute atomic E-state index is 0.121. The van der Waals surface area contributed by atoms with E-state index in [1.165, 1.54) is 6.07 Å². The number of aromatic nitrogens is 1. The monoisotopic (exact) mass is 346 g/mol. The number of carbonyl (C=O) groups excluding carboxylic acids is 2. The van der Waals surface area contributed by atoms with E-state index in [1.807, 2.05) is 0 Å². The Kier molecular flexibility index (Phi) is 6.09. The predicted octanol–water partition coefficient (Wildman–Crippen LogP) is 3.26. The lowest BCUT2D eigenvalue weighted by atomic mass is 10.1. The van der Waals surface area contributed by atoms with E-state index in [9.17, 15) is 14.0 Å². The van der Waals surface area contributed by atoms with E-state index < -0.39 is 5.97 Å². The quantitative estimate of drug-likeness (QED) is 0.617. The van der Waals surface area contributed by atoms with Gasteiger partial charge in [-0.25, -0.2) is 9.18 Å². The molecule has 0 radical (unpaired) electrons. The molecule has 0 atom stereocenters. The molecule has 1 aromatic carbocycles.